The average Bonchev–Trinajstić information content (AvgIpc) is 2.80. The number of amides is 2. The number of hydrogen-bond acceptors (Lipinski definition) is 3. The maximum absolute atomic E-state index is 13.3. The number of carbonyl (C=O) groups excluding carboxylic acids is 1. The van der Waals surface area contributed by atoms with Crippen molar-refractivity contribution < 1.29 is 14.3 Å². The molecule has 6 heteroatoms. The molecule has 2 aliphatic rings. The highest BCUT2D eigenvalue weighted by atomic mass is 19.1. The number of hydrogen-bond donors (Lipinski definition) is 2. The van der Waals surface area contributed by atoms with Crippen LogP contribution in [0.15, 0.2) is 18.2 Å². The summed E-state index contributed by atoms with van der Waals surface area (Å²) in [4.78, 5) is 15.5. The second-order valence-electron chi connectivity index (χ2n) is 5.36. The minimum atomic E-state index is -0.720. The molecule has 3 rings (SSSR count). The number of urea groups is 1. The number of rotatable bonds is 2. The van der Waals surface area contributed by atoms with Crippen LogP contribution in [0.25, 0.3) is 0 Å². The van der Waals surface area contributed by atoms with Gasteiger partial charge < -0.3 is 20.2 Å². The fourth-order valence-corrected chi connectivity index (χ4v) is 2.97. The molecule has 20 heavy (non-hydrogen) atoms. The van der Waals surface area contributed by atoms with Crippen molar-refractivity contribution in [2.75, 3.05) is 31.1 Å². The number of nitrogens with one attached hydrogen (secondary N) is 1. The van der Waals surface area contributed by atoms with Crippen LogP contribution < -0.4 is 10.2 Å². The van der Waals surface area contributed by atoms with Crippen molar-refractivity contribution in [3.05, 3.63) is 29.6 Å². The van der Waals surface area contributed by atoms with Gasteiger partial charge in [-0.15, -0.1) is 0 Å². The van der Waals surface area contributed by atoms with E-state index in [-0.39, 0.29) is 17.9 Å². The van der Waals surface area contributed by atoms with Crippen LogP contribution in [-0.4, -0.2) is 48.3 Å². The first-order chi connectivity index (χ1) is 9.56. The number of carbonyl (C=O) groups is 1. The maximum Gasteiger partial charge on any atom is 0.317 e. The number of halogens is 1. The molecule has 0 saturated carbocycles. The third kappa shape index (κ3) is 2.20. The topological polar surface area (TPSA) is 55.8 Å². The normalized spacial score (nSPS) is 23.6. The molecule has 1 aromatic rings. The van der Waals surface area contributed by atoms with Gasteiger partial charge in [-0.2, -0.15) is 0 Å². The summed E-state index contributed by atoms with van der Waals surface area (Å²) in [5.41, 5.74) is 1.44. The minimum absolute atomic E-state index is 0.00972. The molecule has 2 unspecified atom stereocenters. The van der Waals surface area contributed by atoms with Crippen molar-refractivity contribution >= 4 is 11.7 Å². The standard InChI is InChI=1S/C14H18FN3O2/c1-9(19)12-6-10(15)2-3-13(12)17-4-5-18-11(8-17)7-16-14(18)20/h2-3,6,9,11,19H,4-5,7-8H2,1H3,(H,16,20). The van der Waals surface area contributed by atoms with E-state index in [4.69, 9.17) is 0 Å². The van der Waals surface area contributed by atoms with Crippen LogP contribution in [0, 0.1) is 5.82 Å². The number of aliphatic hydroxyl groups is 1. The Morgan fingerprint density at radius 1 is 1.45 bits per heavy atom. The molecule has 2 aliphatic heterocycles. The molecule has 2 atom stereocenters. The molecule has 0 aliphatic carbocycles. The summed E-state index contributed by atoms with van der Waals surface area (Å²) >= 11 is 0. The van der Waals surface area contributed by atoms with E-state index >= 15 is 0 Å². The largest absolute Gasteiger partial charge is 0.389 e. The van der Waals surface area contributed by atoms with Crippen molar-refractivity contribution in [1.82, 2.24) is 10.2 Å². The second kappa shape index (κ2) is 4.94. The number of anilines is 1. The summed E-state index contributed by atoms with van der Waals surface area (Å²) in [6.07, 6.45) is -0.720. The Kier molecular flexibility index (Phi) is 3.25. The molecular formula is C14H18FN3O2. The van der Waals surface area contributed by atoms with Crippen LogP contribution >= 0.6 is 0 Å². The van der Waals surface area contributed by atoms with Crippen molar-refractivity contribution in [3.8, 4) is 0 Å². The van der Waals surface area contributed by atoms with Gasteiger partial charge in [0.2, 0.25) is 0 Å². The molecule has 2 saturated heterocycles. The van der Waals surface area contributed by atoms with Crippen LogP contribution in [-0.2, 0) is 0 Å². The van der Waals surface area contributed by atoms with Gasteiger partial charge in [0.15, 0.2) is 0 Å². The number of benzene rings is 1. The van der Waals surface area contributed by atoms with Gasteiger partial charge in [0.05, 0.1) is 12.1 Å². The smallest absolute Gasteiger partial charge is 0.317 e. The van der Waals surface area contributed by atoms with E-state index in [0.717, 1.165) is 5.69 Å². The van der Waals surface area contributed by atoms with Gasteiger partial charge in [0, 0.05) is 37.4 Å². The molecule has 1 aromatic carbocycles. The lowest BCUT2D eigenvalue weighted by Crippen LogP contribution is -2.52. The van der Waals surface area contributed by atoms with E-state index < -0.39 is 6.10 Å². The molecular weight excluding hydrogens is 261 g/mol. The lowest BCUT2D eigenvalue weighted by Gasteiger charge is -2.38. The Bertz CT molecular complexity index is 535. The Balaban J connectivity index is 1.85. The summed E-state index contributed by atoms with van der Waals surface area (Å²) in [6.45, 7) is 4.31. The zero-order valence-electron chi connectivity index (χ0n) is 11.3. The lowest BCUT2D eigenvalue weighted by molar-refractivity contribution is 0.193. The van der Waals surface area contributed by atoms with Gasteiger partial charge in [-0.05, 0) is 25.1 Å². The lowest BCUT2D eigenvalue weighted by atomic mass is 10.0. The highest BCUT2D eigenvalue weighted by molar-refractivity contribution is 5.77. The second-order valence-corrected chi connectivity index (χ2v) is 5.36. The molecule has 2 amide bonds. The van der Waals surface area contributed by atoms with Crippen molar-refractivity contribution in [1.29, 1.82) is 0 Å². The molecule has 2 fully saturated rings. The highest BCUT2D eigenvalue weighted by Crippen LogP contribution is 2.29. The molecule has 2 heterocycles. The highest BCUT2D eigenvalue weighted by Gasteiger charge is 2.36. The summed E-state index contributed by atoms with van der Waals surface area (Å²) in [5, 5.41) is 12.6. The van der Waals surface area contributed by atoms with E-state index in [2.05, 4.69) is 10.2 Å². The Labute approximate surface area is 117 Å². The summed E-state index contributed by atoms with van der Waals surface area (Å²) in [7, 11) is 0. The van der Waals surface area contributed by atoms with Gasteiger partial charge in [0.25, 0.3) is 0 Å². The third-order valence-corrected chi connectivity index (χ3v) is 4.01. The van der Waals surface area contributed by atoms with E-state index in [1.54, 1.807) is 13.0 Å². The van der Waals surface area contributed by atoms with Crippen LogP contribution in [0.4, 0.5) is 14.9 Å². The number of nitrogens with zero attached hydrogens (tertiary/aromatic N) is 2. The molecule has 0 bridgehead atoms. The van der Waals surface area contributed by atoms with Crippen molar-refractivity contribution in [2.45, 2.75) is 19.1 Å². The first-order valence-corrected chi connectivity index (χ1v) is 6.83. The monoisotopic (exact) mass is 279 g/mol. The zero-order valence-corrected chi connectivity index (χ0v) is 11.3. The summed E-state index contributed by atoms with van der Waals surface area (Å²) < 4.78 is 13.3. The molecule has 0 radical (unpaired) electrons. The van der Waals surface area contributed by atoms with E-state index in [0.29, 0.717) is 31.7 Å². The van der Waals surface area contributed by atoms with Gasteiger partial charge in [0.1, 0.15) is 5.82 Å². The zero-order chi connectivity index (χ0) is 14.3. The predicted octanol–water partition coefficient (Wildman–Crippen LogP) is 1.09. The first kappa shape index (κ1) is 13.2. The van der Waals surface area contributed by atoms with Crippen LogP contribution in [0.1, 0.15) is 18.6 Å². The Morgan fingerprint density at radius 3 is 3.00 bits per heavy atom. The molecule has 108 valence electrons. The Morgan fingerprint density at radius 2 is 2.25 bits per heavy atom. The third-order valence-electron chi connectivity index (χ3n) is 4.01. The molecule has 0 aromatic heterocycles. The maximum atomic E-state index is 13.3. The number of fused-ring (bicyclic) bond motifs is 1. The quantitative estimate of drug-likeness (QED) is 0.852. The Hall–Kier alpha value is -1.82. The first-order valence-electron chi connectivity index (χ1n) is 6.83. The molecule has 5 nitrogen and oxygen atoms in total. The van der Waals surface area contributed by atoms with Crippen molar-refractivity contribution in [3.63, 3.8) is 0 Å². The van der Waals surface area contributed by atoms with E-state index in [1.165, 1.54) is 12.1 Å². The van der Waals surface area contributed by atoms with E-state index in [1.807, 2.05) is 4.90 Å². The number of piperazine rings is 1. The summed E-state index contributed by atoms with van der Waals surface area (Å²) in [6, 6.07) is 4.63. The predicted molar refractivity (Wildman–Crippen MR) is 73.1 cm³/mol. The van der Waals surface area contributed by atoms with Gasteiger partial charge in [-0.3, -0.25) is 0 Å². The van der Waals surface area contributed by atoms with Gasteiger partial charge in [-0.25, -0.2) is 9.18 Å². The summed E-state index contributed by atoms with van der Waals surface area (Å²) in [5.74, 6) is -0.346. The fourth-order valence-electron chi connectivity index (χ4n) is 2.97. The average molecular weight is 279 g/mol. The van der Waals surface area contributed by atoms with Gasteiger partial charge >= 0.3 is 6.03 Å². The van der Waals surface area contributed by atoms with Crippen LogP contribution in [0.5, 0.6) is 0 Å². The minimum Gasteiger partial charge on any atom is -0.389 e. The number of aliphatic hydroxyl groups excluding tert-OH is 1. The fraction of sp³-hybridized carbons (Fsp3) is 0.500. The van der Waals surface area contributed by atoms with Crippen LogP contribution in [0.3, 0.4) is 0 Å². The van der Waals surface area contributed by atoms with Crippen molar-refractivity contribution in [2.24, 2.45) is 0 Å². The van der Waals surface area contributed by atoms with Gasteiger partial charge in [-0.1, -0.05) is 0 Å². The van der Waals surface area contributed by atoms with E-state index in [9.17, 15) is 14.3 Å². The van der Waals surface area contributed by atoms with Crippen LogP contribution in [0.2, 0.25) is 0 Å². The molecule has 2 N–H and O–H groups in total. The SMILES string of the molecule is CC(O)c1cc(F)ccc1N1CCN2C(=O)NCC2C1. The molecule has 0 spiro atoms.